The minimum Gasteiger partial charge on any atom is -0.482 e. The first kappa shape index (κ1) is 20.5. The van der Waals surface area contributed by atoms with Crippen molar-refractivity contribution in [2.45, 2.75) is 6.42 Å². The number of nitrogens with zero attached hydrogens (tertiary/aromatic N) is 1. The zero-order valence-corrected chi connectivity index (χ0v) is 16.0. The summed E-state index contributed by atoms with van der Waals surface area (Å²) in [5.74, 6) is 0.389. The van der Waals surface area contributed by atoms with Crippen molar-refractivity contribution in [2.75, 3.05) is 45.9 Å². The standard InChI is InChI=1S/C15H21BrClN3O2.ClH/c16-12-2-3-14(13(17)10-12)22-11-15(21)19-4-1-7-20-8-5-18-6-9-20;/h2-3,10,18H,1,4-9,11H2,(H,19,21);1H. The van der Waals surface area contributed by atoms with Crippen LogP contribution in [0.25, 0.3) is 0 Å². The third-order valence-electron chi connectivity index (χ3n) is 3.44. The largest absolute Gasteiger partial charge is 0.482 e. The molecule has 0 radical (unpaired) electrons. The van der Waals surface area contributed by atoms with E-state index in [0.717, 1.165) is 43.6 Å². The van der Waals surface area contributed by atoms with Crippen molar-refractivity contribution in [1.29, 1.82) is 0 Å². The lowest BCUT2D eigenvalue weighted by atomic mass is 10.3. The van der Waals surface area contributed by atoms with Gasteiger partial charge in [0.2, 0.25) is 0 Å². The number of carbonyl (C=O) groups is 1. The van der Waals surface area contributed by atoms with Gasteiger partial charge in [0.15, 0.2) is 6.61 Å². The number of piperazine rings is 1. The molecule has 1 amide bonds. The van der Waals surface area contributed by atoms with Crippen molar-refractivity contribution in [3.05, 3.63) is 27.7 Å². The van der Waals surface area contributed by atoms with E-state index in [1.165, 1.54) is 0 Å². The van der Waals surface area contributed by atoms with Crippen molar-refractivity contribution in [2.24, 2.45) is 0 Å². The molecule has 1 aromatic carbocycles. The topological polar surface area (TPSA) is 53.6 Å². The van der Waals surface area contributed by atoms with Crippen molar-refractivity contribution in [3.63, 3.8) is 0 Å². The fourth-order valence-electron chi connectivity index (χ4n) is 2.25. The first-order chi connectivity index (χ1) is 10.6. The average Bonchev–Trinajstić information content (AvgIpc) is 2.52. The zero-order valence-electron chi connectivity index (χ0n) is 12.8. The van der Waals surface area contributed by atoms with Crippen LogP contribution in [0.5, 0.6) is 5.75 Å². The van der Waals surface area contributed by atoms with Crippen molar-refractivity contribution < 1.29 is 9.53 Å². The highest BCUT2D eigenvalue weighted by Gasteiger charge is 2.09. The highest BCUT2D eigenvalue weighted by Crippen LogP contribution is 2.27. The van der Waals surface area contributed by atoms with Gasteiger partial charge in [-0.15, -0.1) is 12.4 Å². The number of ether oxygens (including phenoxy) is 1. The smallest absolute Gasteiger partial charge is 0.257 e. The van der Waals surface area contributed by atoms with Crippen molar-refractivity contribution in [3.8, 4) is 5.75 Å². The summed E-state index contributed by atoms with van der Waals surface area (Å²) in [5.41, 5.74) is 0. The molecule has 0 bridgehead atoms. The Morgan fingerprint density at radius 1 is 1.39 bits per heavy atom. The van der Waals surface area contributed by atoms with Gasteiger partial charge in [-0.05, 0) is 31.2 Å². The minimum atomic E-state index is -0.126. The third kappa shape index (κ3) is 7.72. The number of hydrogen-bond donors (Lipinski definition) is 2. The van der Waals surface area contributed by atoms with E-state index < -0.39 is 0 Å². The van der Waals surface area contributed by atoms with Gasteiger partial charge in [-0.2, -0.15) is 0 Å². The van der Waals surface area contributed by atoms with Crippen molar-refractivity contribution >= 4 is 45.8 Å². The highest BCUT2D eigenvalue weighted by atomic mass is 79.9. The highest BCUT2D eigenvalue weighted by molar-refractivity contribution is 9.10. The Hall–Kier alpha value is -0.530. The lowest BCUT2D eigenvalue weighted by molar-refractivity contribution is -0.123. The minimum absolute atomic E-state index is 0. The fourth-order valence-corrected chi connectivity index (χ4v) is 2.98. The van der Waals surface area contributed by atoms with E-state index in [2.05, 4.69) is 31.5 Å². The molecule has 0 atom stereocenters. The molecule has 1 fully saturated rings. The van der Waals surface area contributed by atoms with Crippen molar-refractivity contribution in [1.82, 2.24) is 15.5 Å². The molecule has 0 unspecified atom stereocenters. The second-order valence-corrected chi connectivity index (χ2v) is 6.48. The normalized spacial score (nSPS) is 14.9. The van der Waals surface area contributed by atoms with Crippen LogP contribution in [0.2, 0.25) is 5.02 Å². The second-order valence-electron chi connectivity index (χ2n) is 5.16. The number of amides is 1. The molecule has 2 N–H and O–H groups in total. The maximum Gasteiger partial charge on any atom is 0.257 e. The van der Waals surface area contributed by atoms with Crippen LogP contribution < -0.4 is 15.4 Å². The zero-order chi connectivity index (χ0) is 15.8. The predicted octanol–water partition coefficient (Wildman–Crippen LogP) is 2.31. The molecule has 130 valence electrons. The Morgan fingerprint density at radius 3 is 2.83 bits per heavy atom. The molecule has 23 heavy (non-hydrogen) atoms. The maximum atomic E-state index is 11.7. The van der Waals surface area contributed by atoms with E-state index in [0.29, 0.717) is 17.3 Å². The number of benzene rings is 1. The molecule has 2 rings (SSSR count). The molecular weight excluding hydrogens is 405 g/mol. The Bertz CT molecular complexity index is 500. The monoisotopic (exact) mass is 425 g/mol. The summed E-state index contributed by atoms with van der Waals surface area (Å²) in [6.45, 7) is 5.93. The predicted molar refractivity (Wildman–Crippen MR) is 98.8 cm³/mol. The van der Waals surface area contributed by atoms with E-state index in [1.807, 2.05) is 6.07 Å². The van der Waals surface area contributed by atoms with Gasteiger partial charge in [0.1, 0.15) is 5.75 Å². The summed E-state index contributed by atoms with van der Waals surface area (Å²) in [6, 6.07) is 5.30. The first-order valence-electron chi connectivity index (χ1n) is 7.43. The number of hydrogen-bond acceptors (Lipinski definition) is 4. The number of rotatable bonds is 7. The molecule has 1 aliphatic heterocycles. The quantitative estimate of drug-likeness (QED) is 0.657. The van der Waals surface area contributed by atoms with Crippen LogP contribution >= 0.6 is 39.9 Å². The van der Waals surface area contributed by atoms with Gasteiger partial charge in [0.05, 0.1) is 5.02 Å². The lowest BCUT2D eigenvalue weighted by Gasteiger charge is -2.27. The number of halogens is 3. The Balaban J connectivity index is 0.00000264. The molecule has 5 nitrogen and oxygen atoms in total. The van der Waals surface area contributed by atoms with Crippen LogP contribution in [0.15, 0.2) is 22.7 Å². The average molecular weight is 427 g/mol. The van der Waals surface area contributed by atoms with Crippen LogP contribution in [-0.4, -0.2) is 56.7 Å². The molecule has 1 aromatic rings. The molecule has 0 aromatic heterocycles. The lowest BCUT2D eigenvalue weighted by Crippen LogP contribution is -2.44. The van der Waals surface area contributed by atoms with Gasteiger partial charge >= 0.3 is 0 Å². The molecule has 1 aliphatic rings. The summed E-state index contributed by atoms with van der Waals surface area (Å²) in [5, 5.41) is 6.67. The molecular formula is C15H22BrCl2N3O2. The molecule has 1 heterocycles. The van der Waals surface area contributed by atoms with Crippen LogP contribution in [0.1, 0.15) is 6.42 Å². The summed E-state index contributed by atoms with van der Waals surface area (Å²) < 4.78 is 6.29. The van der Waals surface area contributed by atoms with Gasteiger partial charge in [-0.3, -0.25) is 4.79 Å². The van der Waals surface area contributed by atoms with Gasteiger partial charge in [-0.25, -0.2) is 0 Å². The van der Waals surface area contributed by atoms with Gasteiger partial charge in [0.25, 0.3) is 5.91 Å². The summed E-state index contributed by atoms with van der Waals surface area (Å²) in [6.07, 6.45) is 0.949. The second kappa shape index (κ2) is 11.1. The van der Waals surface area contributed by atoms with E-state index >= 15 is 0 Å². The summed E-state index contributed by atoms with van der Waals surface area (Å²) >= 11 is 9.35. The Kier molecular flexibility index (Phi) is 9.90. The molecule has 8 heteroatoms. The summed E-state index contributed by atoms with van der Waals surface area (Å²) in [7, 11) is 0. The molecule has 0 aliphatic carbocycles. The fraction of sp³-hybridized carbons (Fsp3) is 0.533. The van der Waals surface area contributed by atoms with Crippen LogP contribution in [0.3, 0.4) is 0 Å². The molecule has 1 saturated heterocycles. The van der Waals surface area contributed by atoms with Gasteiger partial charge in [0, 0.05) is 37.2 Å². The SMILES string of the molecule is Cl.O=C(COc1ccc(Br)cc1Cl)NCCCN1CCNCC1. The van der Waals surface area contributed by atoms with Crippen LogP contribution in [0.4, 0.5) is 0 Å². The third-order valence-corrected chi connectivity index (χ3v) is 4.22. The maximum absolute atomic E-state index is 11.7. The van der Waals surface area contributed by atoms with E-state index in [9.17, 15) is 4.79 Å². The van der Waals surface area contributed by atoms with Crippen LogP contribution in [-0.2, 0) is 4.79 Å². The Morgan fingerprint density at radius 2 is 2.13 bits per heavy atom. The summed E-state index contributed by atoms with van der Waals surface area (Å²) in [4.78, 5) is 14.1. The van der Waals surface area contributed by atoms with Gasteiger partial charge in [-0.1, -0.05) is 27.5 Å². The van der Waals surface area contributed by atoms with E-state index in [4.69, 9.17) is 16.3 Å². The molecule has 0 spiro atoms. The Labute approximate surface area is 156 Å². The van der Waals surface area contributed by atoms with E-state index in [-0.39, 0.29) is 24.9 Å². The number of carbonyl (C=O) groups excluding carboxylic acids is 1. The first-order valence-corrected chi connectivity index (χ1v) is 8.60. The molecule has 0 saturated carbocycles. The van der Waals surface area contributed by atoms with E-state index in [1.54, 1.807) is 12.1 Å². The number of nitrogens with one attached hydrogen (secondary N) is 2. The van der Waals surface area contributed by atoms with Gasteiger partial charge < -0.3 is 20.3 Å². The van der Waals surface area contributed by atoms with Crippen LogP contribution in [0, 0.1) is 0 Å².